The zero-order chi connectivity index (χ0) is 16.8. The van der Waals surface area contributed by atoms with E-state index in [9.17, 15) is 9.59 Å². The van der Waals surface area contributed by atoms with Crippen LogP contribution in [0.15, 0.2) is 48.5 Å². The number of anilines is 1. The van der Waals surface area contributed by atoms with Crippen LogP contribution in [0.2, 0.25) is 5.02 Å². The van der Waals surface area contributed by atoms with E-state index in [1.54, 1.807) is 31.2 Å². The van der Waals surface area contributed by atoms with Gasteiger partial charge in [0.1, 0.15) is 5.75 Å². The number of carbonyl (C=O) groups is 2. The van der Waals surface area contributed by atoms with Crippen molar-refractivity contribution in [1.82, 2.24) is 5.32 Å². The zero-order valence-corrected chi connectivity index (χ0v) is 13.0. The summed E-state index contributed by atoms with van der Waals surface area (Å²) < 4.78 is 5.52. The number of hydrogen-bond acceptors (Lipinski definition) is 3. The molecule has 0 saturated carbocycles. The lowest BCUT2D eigenvalue weighted by Gasteiger charge is -2.16. The molecular weight excluding hydrogens is 320 g/mol. The van der Waals surface area contributed by atoms with Crippen LogP contribution in [0, 0.1) is 0 Å². The van der Waals surface area contributed by atoms with Crippen molar-refractivity contribution in [3.8, 4) is 5.75 Å². The molecule has 0 spiro atoms. The van der Waals surface area contributed by atoms with Gasteiger partial charge in [-0.15, -0.1) is 0 Å². The number of aromatic carboxylic acids is 1. The third kappa shape index (κ3) is 5.19. The quantitative estimate of drug-likeness (QED) is 0.729. The number of hydrogen-bond donors (Lipinski definition) is 3. The van der Waals surface area contributed by atoms with Crippen LogP contribution in [0.3, 0.4) is 0 Å². The van der Waals surface area contributed by atoms with Gasteiger partial charge in [-0.2, -0.15) is 0 Å². The normalized spacial score (nSPS) is 11.4. The van der Waals surface area contributed by atoms with Gasteiger partial charge in [-0.25, -0.2) is 9.59 Å². The number of carboxylic acid groups (broad SMARTS) is 1. The molecule has 6 nitrogen and oxygen atoms in total. The molecule has 0 aliphatic heterocycles. The number of ether oxygens (including phenoxy) is 1. The lowest BCUT2D eigenvalue weighted by atomic mass is 10.2. The van der Waals surface area contributed by atoms with Gasteiger partial charge in [0.05, 0.1) is 5.56 Å². The summed E-state index contributed by atoms with van der Waals surface area (Å²) in [4.78, 5) is 22.6. The molecule has 0 radical (unpaired) electrons. The standard InChI is InChI=1S/C16H15ClN2O4/c1-10(23-14-8-4-12(17)5-9-14)18-16(22)19-13-6-2-11(3-7-13)15(20)21/h2-10H,1H3,(H,20,21)(H2,18,19,22). The highest BCUT2D eigenvalue weighted by molar-refractivity contribution is 6.30. The minimum Gasteiger partial charge on any atom is -0.478 e. The molecule has 0 aromatic heterocycles. The summed E-state index contributed by atoms with van der Waals surface area (Å²) in [5.41, 5.74) is 0.626. The van der Waals surface area contributed by atoms with E-state index in [-0.39, 0.29) is 5.56 Å². The molecule has 2 rings (SSSR count). The SMILES string of the molecule is CC(NC(=O)Nc1ccc(C(=O)O)cc1)Oc1ccc(Cl)cc1. The Morgan fingerprint density at radius 3 is 2.26 bits per heavy atom. The summed E-state index contributed by atoms with van der Waals surface area (Å²) in [6.07, 6.45) is -0.561. The Labute approximate surface area is 138 Å². The molecule has 0 bridgehead atoms. The van der Waals surface area contributed by atoms with Gasteiger partial charge in [-0.1, -0.05) is 11.6 Å². The molecular formula is C16H15ClN2O4. The van der Waals surface area contributed by atoms with E-state index < -0.39 is 18.2 Å². The van der Waals surface area contributed by atoms with Crippen molar-refractivity contribution in [2.75, 3.05) is 5.32 Å². The average Bonchev–Trinajstić information content (AvgIpc) is 2.50. The number of halogens is 1. The largest absolute Gasteiger partial charge is 0.478 e. The Morgan fingerprint density at radius 2 is 1.70 bits per heavy atom. The predicted molar refractivity (Wildman–Crippen MR) is 87.1 cm³/mol. The van der Waals surface area contributed by atoms with Crippen LogP contribution >= 0.6 is 11.6 Å². The zero-order valence-electron chi connectivity index (χ0n) is 12.2. The maximum absolute atomic E-state index is 11.8. The van der Waals surface area contributed by atoms with Crippen LogP contribution < -0.4 is 15.4 Å². The van der Waals surface area contributed by atoms with Gasteiger partial charge in [0.2, 0.25) is 0 Å². The number of rotatable bonds is 5. The van der Waals surface area contributed by atoms with Crippen molar-refractivity contribution in [2.24, 2.45) is 0 Å². The first-order valence-electron chi connectivity index (χ1n) is 6.77. The maximum atomic E-state index is 11.8. The second-order valence-corrected chi connectivity index (χ2v) is 5.13. The van der Waals surface area contributed by atoms with Crippen molar-refractivity contribution in [2.45, 2.75) is 13.2 Å². The minimum absolute atomic E-state index is 0.149. The first-order chi connectivity index (χ1) is 10.9. The monoisotopic (exact) mass is 334 g/mol. The summed E-state index contributed by atoms with van der Waals surface area (Å²) in [6, 6.07) is 12.1. The third-order valence-electron chi connectivity index (χ3n) is 2.85. The highest BCUT2D eigenvalue weighted by Gasteiger charge is 2.09. The van der Waals surface area contributed by atoms with Crippen molar-refractivity contribution < 1.29 is 19.4 Å². The second-order valence-electron chi connectivity index (χ2n) is 4.69. The Morgan fingerprint density at radius 1 is 1.09 bits per heavy atom. The van der Waals surface area contributed by atoms with Crippen LogP contribution in [-0.2, 0) is 0 Å². The van der Waals surface area contributed by atoms with E-state index in [1.807, 2.05) is 0 Å². The number of benzene rings is 2. The fourth-order valence-corrected chi connectivity index (χ4v) is 1.92. The molecule has 3 N–H and O–H groups in total. The fourth-order valence-electron chi connectivity index (χ4n) is 1.79. The molecule has 1 unspecified atom stereocenters. The van der Waals surface area contributed by atoms with Gasteiger partial charge in [-0.3, -0.25) is 0 Å². The van der Waals surface area contributed by atoms with E-state index in [2.05, 4.69) is 10.6 Å². The van der Waals surface area contributed by atoms with Crippen LogP contribution in [0.1, 0.15) is 17.3 Å². The lowest BCUT2D eigenvalue weighted by Crippen LogP contribution is -2.39. The van der Waals surface area contributed by atoms with Crippen LogP contribution in [0.4, 0.5) is 10.5 Å². The molecule has 120 valence electrons. The second kappa shape index (κ2) is 7.51. The van der Waals surface area contributed by atoms with Crippen molar-refractivity contribution in [3.63, 3.8) is 0 Å². The molecule has 0 heterocycles. The summed E-state index contributed by atoms with van der Waals surface area (Å²) in [6.45, 7) is 1.68. The van der Waals surface area contributed by atoms with Crippen LogP contribution in [-0.4, -0.2) is 23.3 Å². The fraction of sp³-hybridized carbons (Fsp3) is 0.125. The number of amides is 2. The van der Waals surface area contributed by atoms with Crippen molar-refractivity contribution >= 4 is 29.3 Å². The molecule has 2 aromatic rings. The van der Waals surface area contributed by atoms with Gasteiger partial charge in [-0.05, 0) is 55.5 Å². The molecule has 0 aliphatic rings. The topological polar surface area (TPSA) is 87.7 Å². The van der Waals surface area contributed by atoms with Gasteiger partial charge in [0.25, 0.3) is 0 Å². The first-order valence-corrected chi connectivity index (χ1v) is 7.15. The average molecular weight is 335 g/mol. The number of carbonyl (C=O) groups excluding carboxylic acids is 1. The Balaban J connectivity index is 1.86. The highest BCUT2D eigenvalue weighted by Crippen LogP contribution is 2.16. The smallest absolute Gasteiger partial charge is 0.335 e. The number of carboxylic acids is 1. The van der Waals surface area contributed by atoms with Crippen molar-refractivity contribution in [1.29, 1.82) is 0 Å². The molecule has 1 atom stereocenters. The van der Waals surface area contributed by atoms with Crippen molar-refractivity contribution in [3.05, 3.63) is 59.1 Å². The van der Waals surface area contributed by atoms with E-state index in [4.69, 9.17) is 21.4 Å². The molecule has 0 fully saturated rings. The third-order valence-corrected chi connectivity index (χ3v) is 3.10. The minimum atomic E-state index is -1.02. The summed E-state index contributed by atoms with van der Waals surface area (Å²) >= 11 is 5.78. The maximum Gasteiger partial charge on any atom is 0.335 e. The van der Waals surface area contributed by atoms with Gasteiger partial charge >= 0.3 is 12.0 Å². The molecule has 0 aliphatic carbocycles. The van der Waals surface area contributed by atoms with E-state index in [0.29, 0.717) is 16.5 Å². The van der Waals surface area contributed by atoms with E-state index in [0.717, 1.165) is 0 Å². The van der Waals surface area contributed by atoms with Gasteiger partial charge in [0, 0.05) is 10.7 Å². The van der Waals surface area contributed by atoms with E-state index in [1.165, 1.54) is 24.3 Å². The molecule has 23 heavy (non-hydrogen) atoms. The molecule has 2 amide bonds. The first kappa shape index (κ1) is 16.6. The Kier molecular flexibility index (Phi) is 5.43. The van der Waals surface area contributed by atoms with Gasteiger partial charge in [0.15, 0.2) is 6.23 Å². The predicted octanol–water partition coefficient (Wildman–Crippen LogP) is 3.58. The van der Waals surface area contributed by atoms with E-state index >= 15 is 0 Å². The summed E-state index contributed by atoms with van der Waals surface area (Å²) in [7, 11) is 0. The number of nitrogens with one attached hydrogen (secondary N) is 2. The van der Waals surface area contributed by atoms with Gasteiger partial charge < -0.3 is 20.5 Å². The van der Waals surface area contributed by atoms with Crippen LogP contribution in [0.25, 0.3) is 0 Å². The molecule has 0 saturated heterocycles. The molecule has 2 aromatic carbocycles. The molecule has 7 heteroatoms. The lowest BCUT2D eigenvalue weighted by molar-refractivity contribution is 0.0697. The summed E-state index contributed by atoms with van der Waals surface area (Å²) in [5, 5.41) is 14.6. The summed E-state index contributed by atoms with van der Waals surface area (Å²) in [5.74, 6) is -0.445. The Hall–Kier alpha value is -2.73. The Bertz CT molecular complexity index is 686. The number of urea groups is 1. The van der Waals surface area contributed by atoms with Crippen LogP contribution in [0.5, 0.6) is 5.75 Å². The highest BCUT2D eigenvalue weighted by atomic mass is 35.5.